The second kappa shape index (κ2) is 7.89. The van der Waals surface area contributed by atoms with Gasteiger partial charge in [-0.3, -0.25) is 4.79 Å². The van der Waals surface area contributed by atoms with Crippen LogP contribution < -0.4 is 10.2 Å². The number of carbonyl (C=O) groups is 1. The lowest BCUT2D eigenvalue weighted by Crippen LogP contribution is -2.45. The summed E-state index contributed by atoms with van der Waals surface area (Å²) in [6.07, 6.45) is 2.97. The number of hydrogen-bond acceptors (Lipinski definition) is 4. The van der Waals surface area contributed by atoms with E-state index >= 15 is 0 Å². The number of fused-ring (bicyclic) bond motifs is 1. The maximum absolute atomic E-state index is 13.7. The summed E-state index contributed by atoms with van der Waals surface area (Å²) < 4.78 is 13.7. The molecule has 1 aliphatic heterocycles. The van der Waals surface area contributed by atoms with E-state index in [9.17, 15) is 9.18 Å². The Balaban J connectivity index is 1.45. The van der Waals surface area contributed by atoms with Crippen LogP contribution in [0, 0.1) is 5.82 Å². The number of carbonyl (C=O) groups excluding carboxylic acids is 1. The molecular weight excluding hydrogens is 402 g/mol. The second-order valence-corrected chi connectivity index (χ2v) is 7.48. The van der Waals surface area contributed by atoms with Crippen molar-refractivity contribution in [1.29, 1.82) is 0 Å². The molecule has 0 atom stereocenters. The summed E-state index contributed by atoms with van der Waals surface area (Å²) in [5, 5.41) is 4.32. The van der Waals surface area contributed by atoms with Crippen molar-refractivity contribution < 1.29 is 9.18 Å². The molecule has 0 unspecified atom stereocenters. The van der Waals surface area contributed by atoms with Gasteiger partial charge in [-0.1, -0.05) is 29.3 Å². The van der Waals surface area contributed by atoms with Crippen LogP contribution in [0.4, 0.5) is 10.2 Å². The number of piperidine rings is 1. The highest BCUT2D eigenvalue weighted by atomic mass is 35.5. The molecular formula is C20H17Cl2FN4O. The Hall–Kier alpha value is -2.44. The summed E-state index contributed by atoms with van der Waals surface area (Å²) in [4.78, 5) is 23.2. The third-order valence-electron chi connectivity index (χ3n) is 4.90. The molecule has 144 valence electrons. The van der Waals surface area contributed by atoms with Gasteiger partial charge < -0.3 is 10.2 Å². The van der Waals surface area contributed by atoms with Gasteiger partial charge in [0.05, 0.1) is 21.1 Å². The molecule has 1 N–H and O–H groups in total. The number of nitrogens with zero attached hydrogens (tertiary/aromatic N) is 3. The quantitative estimate of drug-likeness (QED) is 0.681. The lowest BCUT2D eigenvalue weighted by Gasteiger charge is -2.33. The summed E-state index contributed by atoms with van der Waals surface area (Å²) in [7, 11) is 0. The minimum Gasteiger partial charge on any atom is -0.356 e. The van der Waals surface area contributed by atoms with Crippen LogP contribution in [0.1, 0.15) is 23.2 Å². The Kier molecular flexibility index (Phi) is 5.33. The maximum atomic E-state index is 13.7. The molecule has 0 radical (unpaired) electrons. The predicted molar refractivity (Wildman–Crippen MR) is 109 cm³/mol. The van der Waals surface area contributed by atoms with Crippen molar-refractivity contribution in [1.82, 2.24) is 15.3 Å². The predicted octanol–water partition coefficient (Wildman–Crippen LogP) is 4.47. The van der Waals surface area contributed by atoms with Crippen LogP contribution in [-0.4, -0.2) is 35.0 Å². The van der Waals surface area contributed by atoms with Crippen molar-refractivity contribution in [3.8, 4) is 0 Å². The molecule has 2 heterocycles. The summed E-state index contributed by atoms with van der Waals surface area (Å²) in [6, 6.07) is 9.52. The van der Waals surface area contributed by atoms with Crippen LogP contribution in [0.3, 0.4) is 0 Å². The zero-order chi connectivity index (χ0) is 19.7. The summed E-state index contributed by atoms with van der Waals surface area (Å²) in [6.45, 7) is 1.38. The van der Waals surface area contributed by atoms with Gasteiger partial charge in [-0.05, 0) is 43.2 Å². The Morgan fingerprint density at radius 3 is 2.71 bits per heavy atom. The average molecular weight is 419 g/mol. The van der Waals surface area contributed by atoms with E-state index in [0.717, 1.165) is 12.8 Å². The number of rotatable bonds is 3. The van der Waals surface area contributed by atoms with Crippen molar-refractivity contribution in [2.24, 2.45) is 0 Å². The Morgan fingerprint density at radius 2 is 1.93 bits per heavy atom. The van der Waals surface area contributed by atoms with Gasteiger partial charge in [-0.2, -0.15) is 0 Å². The van der Waals surface area contributed by atoms with E-state index < -0.39 is 0 Å². The normalized spacial score (nSPS) is 15.0. The fraction of sp³-hybridized carbons (Fsp3) is 0.250. The molecule has 8 heteroatoms. The molecule has 1 aliphatic rings. The zero-order valence-corrected chi connectivity index (χ0v) is 16.3. The lowest BCUT2D eigenvalue weighted by molar-refractivity contribution is 0.0931. The monoisotopic (exact) mass is 418 g/mol. The maximum Gasteiger partial charge on any atom is 0.253 e. The third-order valence-corrected chi connectivity index (χ3v) is 5.72. The van der Waals surface area contributed by atoms with Gasteiger partial charge in [0, 0.05) is 24.5 Å². The number of amides is 1. The highest BCUT2D eigenvalue weighted by Gasteiger charge is 2.24. The number of halogens is 3. The van der Waals surface area contributed by atoms with Gasteiger partial charge in [-0.15, -0.1) is 0 Å². The average Bonchev–Trinajstić information content (AvgIpc) is 2.70. The molecule has 0 spiro atoms. The number of hydrogen-bond donors (Lipinski definition) is 1. The fourth-order valence-corrected chi connectivity index (χ4v) is 3.83. The molecule has 28 heavy (non-hydrogen) atoms. The first-order valence-corrected chi connectivity index (χ1v) is 9.68. The highest BCUT2D eigenvalue weighted by molar-refractivity contribution is 6.43. The first-order valence-electron chi connectivity index (χ1n) is 8.93. The zero-order valence-electron chi connectivity index (χ0n) is 14.8. The third kappa shape index (κ3) is 3.75. The lowest BCUT2D eigenvalue weighted by atomic mass is 10.0. The molecule has 0 bridgehead atoms. The molecule has 4 rings (SSSR count). The SMILES string of the molecule is O=C(NC1CCN(c2ncnc3ccc(F)cc23)CC1)c1cccc(Cl)c1Cl. The van der Waals surface area contributed by atoms with Crippen LogP contribution in [-0.2, 0) is 0 Å². The molecule has 1 amide bonds. The van der Waals surface area contributed by atoms with Gasteiger partial charge in [0.2, 0.25) is 0 Å². The summed E-state index contributed by atoms with van der Waals surface area (Å²) in [5.41, 5.74) is 1.08. The summed E-state index contributed by atoms with van der Waals surface area (Å²) >= 11 is 12.1. The molecule has 1 aromatic heterocycles. The minimum absolute atomic E-state index is 0.0173. The van der Waals surface area contributed by atoms with Crippen molar-refractivity contribution in [2.75, 3.05) is 18.0 Å². The van der Waals surface area contributed by atoms with E-state index in [1.807, 2.05) is 0 Å². The largest absolute Gasteiger partial charge is 0.356 e. The first-order chi connectivity index (χ1) is 13.5. The minimum atomic E-state index is -0.316. The topological polar surface area (TPSA) is 58.1 Å². The van der Waals surface area contributed by atoms with Crippen LogP contribution in [0.25, 0.3) is 10.9 Å². The Bertz CT molecular complexity index is 1040. The number of anilines is 1. The summed E-state index contributed by atoms with van der Waals surface area (Å²) in [5.74, 6) is 0.164. The number of nitrogens with one attached hydrogen (secondary N) is 1. The highest BCUT2D eigenvalue weighted by Crippen LogP contribution is 2.28. The van der Waals surface area contributed by atoms with Gasteiger partial charge >= 0.3 is 0 Å². The fourth-order valence-electron chi connectivity index (χ4n) is 3.45. The number of aromatic nitrogens is 2. The van der Waals surface area contributed by atoms with Gasteiger partial charge in [0.25, 0.3) is 5.91 Å². The molecule has 0 aliphatic carbocycles. The Labute approximate surface area is 171 Å². The van der Waals surface area contributed by atoms with E-state index in [2.05, 4.69) is 20.2 Å². The van der Waals surface area contributed by atoms with Crippen LogP contribution in [0.15, 0.2) is 42.7 Å². The molecule has 5 nitrogen and oxygen atoms in total. The van der Waals surface area contributed by atoms with E-state index in [0.29, 0.717) is 40.4 Å². The van der Waals surface area contributed by atoms with E-state index in [-0.39, 0.29) is 22.8 Å². The molecule has 0 saturated carbocycles. The van der Waals surface area contributed by atoms with Crippen LogP contribution >= 0.6 is 23.2 Å². The smallest absolute Gasteiger partial charge is 0.253 e. The molecule has 1 saturated heterocycles. The standard InChI is InChI=1S/C20H17Cl2FN4O/c21-16-3-1-2-14(18(16)22)20(28)26-13-6-8-27(9-7-13)19-15-10-12(23)4-5-17(15)24-11-25-19/h1-5,10-11,13H,6-9H2,(H,26,28). The number of benzene rings is 2. The second-order valence-electron chi connectivity index (χ2n) is 6.69. The van der Waals surface area contributed by atoms with Gasteiger partial charge in [-0.25, -0.2) is 14.4 Å². The van der Waals surface area contributed by atoms with Crippen molar-refractivity contribution in [3.05, 3.63) is 64.2 Å². The molecule has 2 aromatic carbocycles. The van der Waals surface area contributed by atoms with Gasteiger partial charge in [0.15, 0.2) is 0 Å². The van der Waals surface area contributed by atoms with Crippen LogP contribution in [0.2, 0.25) is 10.0 Å². The molecule has 3 aromatic rings. The Morgan fingerprint density at radius 1 is 1.14 bits per heavy atom. The van der Waals surface area contributed by atoms with Crippen molar-refractivity contribution in [2.45, 2.75) is 18.9 Å². The van der Waals surface area contributed by atoms with Gasteiger partial charge in [0.1, 0.15) is 18.0 Å². The first kappa shape index (κ1) is 18.9. The molecule has 1 fully saturated rings. The van der Waals surface area contributed by atoms with Crippen molar-refractivity contribution >= 4 is 45.8 Å². The van der Waals surface area contributed by atoms with Crippen LogP contribution in [0.5, 0.6) is 0 Å². The van der Waals surface area contributed by atoms with E-state index in [1.165, 1.54) is 18.5 Å². The van der Waals surface area contributed by atoms with Crippen molar-refractivity contribution in [3.63, 3.8) is 0 Å². The van der Waals surface area contributed by atoms with E-state index in [1.54, 1.807) is 24.3 Å². The van der Waals surface area contributed by atoms with E-state index in [4.69, 9.17) is 23.2 Å².